The van der Waals surface area contributed by atoms with E-state index in [1.165, 1.54) is 12.8 Å². The third-order valence-electron chi connectivity index (χ3n) is 3.25. The zero-order valence-corrected chi connectivity index (χ0v) is 11.5. The predicted molar refractivity (Wildman–Crippen MR) is 71.6 cm³/mol. The Bertz CT molecular complexity index is 537. The highest BCUT2D eigenvalue weighted by molar-refractivity contribution is 5.02. The van der Waals surface area contributed by atoms with E-state index in [1.807, 2.05) is 27.8 Å². The van der Waals surface area contributed by atoms with Crippen LogP contribution in [0.25, 0.3) is 0 Å². The second-order valence-electron chi connectivity index (χ2n) is 5.44. The van der Waals surface area contributed by atoms with Crippen LogP contribution in [0.3, 0.4) is 0 Å². The molecular weight excluding hydrogens is 240 g/mol. The highest BCUT2D eigenvalue weighted by Crippen LogP contribution is 2.18. The molecule has 0 radical (unpaired) electrons. The summed E-state index contributed by atoms with van der Waals surface area (Å²) in [5.41, 5.74) is 2.01. The molecule has 0 unspecified atom stereocenters. The summed E-state index contributed by atoms with van der Waals surface area (Å²) in [6, 6.07) is 3.12. The highest BCUT2D eigenvalue weighted by atomic mass is 15.4. The lowest BCUT2D eigenvalue weighted by molar-refractivity contribution is 0.519. The first-order valence-corrected chi connectivity index (χ1v) is 6.87. The van der Waals surface area contributed by atoms with Gasteiger partial charge in [0.1, 0.15) is 0 Å². The van der Waals surface area contributed by atoms with Crippen LogP contribution in [-0.4, -0.2) is 30.8 Å². The molecule has 2 aromatic heterocycles. The number of nitrogens with zero attached hydrogens (tertiary/aromatic N) is 5. The van der Waals surface area contributed by atoms with Gasteiger partial charge in [-0.05, 0) is 32.8 Å². The van der Waals surface area contributed by atoms with Crippen molar-refractivity contribution in [3.8, 4) is 0 Å². The number of rotatable bonds is 6. The van der Waals surface area contributed by atoms with E-state index in [-0.39, 0.29) is 0 Å². The fourth-order valence-corrected chi connectivity index (χ4v) is 1.95. The first-order chi connectivity index (χ1) is 9.20. The normalized spacial score (nSPS) is 15.3. The average Bonchev–Trinajstić information content (AvgIpc) is 2.91. The van der Waals surface area contributed by atoms with Crippen molar-refractivity contribution in [2.24, 2.45) is 0 Å². The second-order valence-corrected chi connectivity index (χ2v) is 5.44. The fourth-order valence-electron chi connectivity index (χ4n) is 1.95. The van der Waals surface area contributed by atoms with Crippen molar-refractivity contribution in [3.05, 3.63) is 29.8 Å². The molecule has 3 rings (SSSR count). The number of aromatic nitrogens is 5. The van der Waals surface area contributed by atoms with Gasteiger partial charge in [0, 0.05) is 24.8 Å². The zero-order chi connectivity index (χ0) is 13.2. The molecule has 0 atom stereocenters. The van der Waals surface area contributed by atoms with E-state index >= 15 is 0 Å². The summed E-state index contributed by atoms with van der Waals surface area (Å²) in [7, 11) is 0. The topological polar surface area (TPSA) is 60.6 Å². The summed E-state index contributed by atoms with van der Waals surface area (Å²) < 4.78 is 3.80. The Balaban J connectivity index is 1.58. The van der Waals surface area contributed by atoms with Crippen LogP contribution >= 0.6 is 0 Å². The molecule has 1 fully saturated rings. The maximum atomic E-state index is 4.51. The van der Waals surface area contributed by atoms with E-state index in [0.717, 1.165) is 17.9 Å². The maximum absolute atomic E-state index is 4.51. The molecule has 0 aliphatic heterocycles. The molecular formula is C13H20N6. The minimum absolute atomic E-state index is 0.391. The number of hydrogen-bond acceptors (Lipinski definition) is 4. The van der Waals surface area contributed by atoms with Crippen LogP contribution in [0, 0.1) is 0 Å². The smallest absolute Gasteiger partial charge is 0.0965 e. The van der Waals surface area contributed by atoms with E-state index in [4.69, 9.17) is 0 Å². The molecule has 0 saturated heterocycles. The predicted octanol–water partition coefficient (Wildman–Crippen LogP) is 1.36. The van der Waals surface area contributed by atoms with Crippen LogP contribution in [0.15, 0.2) is 18.5 Å². The minimum atomic E-state index is 0.391. The van der Waals surface area contributed by atoms with Gasteiger partial charge in [0.25, 0.3) is 0 Å². The number of nitrogens with one attached hydrogen (secondary N) is 1. The first-order valence-electron chi connectivity index (χ1n) is 6.87. The average molecular weight is 260 g/mol. The molecule has 1 aliphatic rings. The van der Waals surface area contributed by atoms with Crippen molar-refractivity contribution in [3.63, 3.8) is 0 Å². The minimum Gasteiger partial charge on any atom is -0.308 e. The third kappa shape index (κ3) is 3.20. The van der Waals surface area contributed by atoms with Gasteiger partial charge in [-0.3, -0.25) is 4.68 Å². The van der Waals surface area contributed by atoms with Crippen molar-refractivity contribution in [2.45, 2.75) is 51.9 Å². The van der Waals surface area contributed by atoms with E-state index in [1.54, 1.807) is 0 Å². The molecule has 6 nitrogen and oxygen atoms in total. The van der Waals surface area contributed by atoms with Gasteiger partial charge in [-0.25, -0.2) is 4.68 Å². The van der Waals surface area contributed by atoms with Gasteiger partial charge in [0.15, 0.2) is 0 Å². The molecule has 19 heavy (non-hydrogen) atoms. The van der Waals surface area contributed by atoms with Gasteiger partial charge in [-0.2, -0.15) is 5.10 Å². The van der Waals surface area contributed by atoms with Gasteiger partial charge in [-0.15, -0.1) is 5.10 Å². The van der Waals surface area contributed by atoms with E-state index in [2.05, 4.69) is 34.6 Å². The van der Waals surface area contributed by atoms with Crippen LogP contribution in [0.2, 0.25) is 0 Å². The quantitative estimate of drug-likeness (QED) is 0.852. The van der Waals surface area contributed by atoms with E-state index < -0.39 is 0 Å². The fraction of sp³-hybridized carbons (Fsp3) is 0.615. The molecule has 1 saturated carbocycles. The van der Waals surface area contributed by atoms with E-state index in [9.17, 15) is 0 Å². The number of hydrogen-bond donors (Lipinski definition) is 1. The molecule has 1 N–H and O–H groups in total. The molecule has 0 spiro atoms. The summed E-state index contributed by atoms with van der Waals surface area (Å²) >= 11 is 0. The summed E-state index contributed by atoms with van der Waals surface area (Å²) in [6.45, 7) is 5.73. The molecule has 0 aromatic carbocycles. The molecule has 2 heterocycles. The summed E-state index contributed by atoms with van der Waals surface area (Å²) in [4.78, 5) is 0. The van der Waals surface area contributed by atoms with Crippen molar-refractivity contribution in [1.82, 2.24) is 30.1 Å². The molecule has 6 heteroatoms. The monoisotopic (exact) mass is 260 g/mol. The molecule has 2 aromatic rings. The summed E-state index contributed by atoms with van der Waals surface area (Å²) in [5, 5.41) is 16.3. The lowest BCUT2D eigenvalue weighted by atomic mass is 10.4. The zero-order valence-electron chi connectivity index (χ0n) is 11.5. The van der Waals surface area contributed by atoms with Gasteiger partial charge < -0.3 is 5.32 Å². The Labute approximate surface area is 112 Å². The first kappa shape index (κ1) is 12.3. The van der Waals surface area contributed by atoms with Crippen LogP contribution < -0.4 is 5.32 Å². The van der Waals surface area contributed by atoms with Crippen LogP contribution in [0.1, 0.15) is 44.1 Å². The third-order valence-corrected chi connectivity index (χ3v) is 3.25. The Morgan fingerprint density at radius 3 is 2.89 bits per heavy atom. The Morgan fingerprint density at radius 1 is 1.37 bits per heavy atom. The van der Waals surface area contributed by atoms with Gasteiger partial charge >= 0.3 is 0 Å². The second kappa shape index (κ2) is 5.13. The molecule has 1 aliphatic carbocycles. The molecule has 102 valence electrons. The van der Waals surface area contributed by atoms with Crippen LogP contribution in [0.5, 0.6) is 0 Å². The van der Waals surface area contributed by atoms with Crippen LogP contribution in [-0.2, 0) is 13.1 Å². The van der Waals surface area contributed by atoms with Crippen molar-refractivity contribution in [2.75, 3.05) is 0 Å². The van der Waals surface area contributed by atoms with Gasteiger partial charge in [0.05, 0.1) is 24.1 Å². The van der Waals surface area contributed by atoms with Crippen molar-refractivity contribution < 1.29 is 0 Å². The lowest BCUT2D eigenvalue weighted by Crippen LogP contribution is -2.15. The lowest BCUT2D eigenvalue weighted by Gasteiger charge is -2.03. The highest BCUT2D eigenvalue weighted by Gasteiger charge is 2.20. The van der Waals surface area contributed by atoms with E-state index in [0.29, 0.717) is 18.6 Å². The Morgan fingerprint density at radius 2 is 2.21 bits per heavy atom. The standard InChI is InChI=1S/C13H20N6/c1-10(2)19-6-5-12(16-19)8-18-9-13(15-17-18)7-14-11-3-4-11/h5-6,9-11,14H,3-4,7-8H2,1-2H3. The maximum Gasteiger partial charge on any atom is 0.0965 e. The van der Waals surface area contributed by atoms with Gasteiger partial charge in [-0.1, -0.05) is 5.21 Å². The SMILES string of the molecule is CC(C)n1ccc(Cn2cc(CNC3CC3)nn2)n1. The van der Waals surface area contributed by atoms with Gasteiger partial charge in [0.2, 0.25) is 0 Å². The van der Waals surface area contributed by atoms with Crippen LogP contribution in [0.4, 0.5) is 0 Å². The molecule has 0 amide bonds. The summed E-state index contributed by atoms with van der Waals surface area (Å²) in [5.74, 6) is 0. The summed E-state index contributed by atoms with van der Waals surface area (Å²) in [6.07, 6.45) is 6.58. The Hall–Kier alpha value is -1.69. The van der Waals surface area contributed by atoms with Crippen molar-refractivity contribution >= 4 is 0 Å². The largest absolute Gasteiger partial charge is 0.308 e. The van der Waals surface area contributed by atoms with Crippen molar-refractivity contribution in [1.29, 1.82) is 0 Å². The molecule has 0 bridgehead atoms. The Kier molecular flexibility index (Phi) is 3.33.